The highest BCUT2D eigenvalue weighted by Crippen LogP contribution is 2.29. The molecule has 0 spiro atoms. The molecule has 0 fully saturated rings. The molecule has 15 heavy (non-hydrogen) atoms. The number of aromatic hydroxyl groups is 1. The molecule has 0 atom stereocenters. The number of aromatic nitrogens is 2. The Bertz CT molecular complexity index is 491. The van der Waals surface area contributed by atoms with Crippen molar-refractivity contribution in [3.63, 3.8) is 0 Å². The molecule has 1 heterocycles. The highest BCUT2D eigenvalue weighted by Gasteiger charge is 2.14. The summed E-state index contributed by atoms with van der Waals surface area (Å²) < 4.78 is 1.94. The molecule has 80 valence electrons. The average molecular weight is 269 g/mol. The molecule has 4 heteroatoms. The number of phenolic OH excluding ortho intramolecular Hbond substituents is 1. The number of hydrogen-bond donors (Lipinski definition) is 1. The molecule has 0 aliphatic carbocycles. The van der Waals surface area contributed by atoms with Crippen LogP contribution in [0.3, 0.4) is 0 Å². The van der Waals surface area contributed by atoms with Gasteiger partial charge in [-0.25, -0.2) is 0 Å². The van der Waals surface area contributed by atoms with Crippen LogP contribution in [0.25, 0.3) is 10.9 Å². The monoisotopic (exact) mass is 268 g/mol. The smallest absolute Gasteiger partial charge is 0.143 e. The lowest BCUT2D eigenvalue weighted by Gasteiger charge is -2.08. The number of fused-ring (bicyclic) bond motifs is 1. The van der Waals surface area contributed by atoms with Crippen molar-refractivity contribution in [1.82, 2.24) is 9.78 Å². The largest absolute Gasteiger partial charge is 0.506 e. The molecule has 0 saturated carbocycles. The fourth-order valence-corrected chi connectivity index (χ4v) is 2.28. The molecule has 1 aromatic heterocycles. The Balaban J connectivity index is 2.78. The zero-order chi connectivity index (χ0) is 11.0. The molecule has 0 saturated heterocycles. The number of benzene rings is 1. The third-order valence-electron chi connectivity index (χ3n) is 2.43. The first kappa shape index (κ1) is 10.5. The SMILES string of the molecule is CC(C)n1nc2c(O)cccc2c1CBr. The minimum Gasteiger partial charge on any atom is -0.506 e. The highest BCUT2D eigenvalue weighted by atomic mass is 79.9. The maximum Gasteiger partial charge on any atom is 0.143 e. The molecule has 0 amide bonds. The average Bonchev–Trinajstić information content (AvgIpc) is 2.57. The first-order valence-electron chi connectivity index (χ1n) is 4.90. The number of alkyl halides is 1. The van der Waals surface area contributed by atoms with Crippen LogP contribution in [0.4, 0.5) is 0 Å². The first-order valence-corrected chi connectivity index (χ1v) is 6.02. The zero-order valence-electron chi connectivity index (χ0n) is 8.74. The second kappa shape index (κ2) is 3.85. The van der Waals surface area contributed by atoms with E-state index in [4.69, 9.17) is 0 Å². The van der Waals surface area contributed by atoms with E-state index in [9.17, 15) is 5.11 Å². The topological polar surface area (TPSA) is 38.0 Å². The van der Waals surface area contributed by atoms with E-state index in [1.165, 1.54) is 0 Å². The van der Waals surface area contributed by atoms with Gasteiger partial charge < -0.3 is 5.11 Å². The third kappa shape index (κ3) is 1.63. The Labute approximate surface area is 96.8 Å². The summed E-state index contributed by atoms with van der Waals surface area (Å²) in [6.07, 6.45) is 0. The molecule has 3 nitrogen and oxygen atoms in total. The second-order valence-electron chi connectivity index (χ2n) is 3.79. The molecular weight excluding hydrogens is 256 g/mol. The van der Waals surface area contributed by atoms with Crippen LogP contribution in [-0.2, 0) is 5.33 Å². The van der Waals surface area contributed by atoms with E-state index in [0.717, 1.165) is 16.4 Å². The summed E-state index contributed by atoms with van der Waals surface area (Å²) in [5.41, 5.74) is 1.79. The maximum atomic E-state index is 9.70. The van der Waals surface area contributed by atoms with Crippen LogP contribution >= 0.6 is 15.9 Å². The van der Waals surface area contributed by atoms with Gasteiger partial charge in [-0.2, -0.15) is 5.10 Å². The van der Waals surface area contributed by atoms with Gasteiger partial charge in [-0.1, -0.05) is 28.1 Å². The van der Waals surface area contributed by atoms with Crippen molar-refractivity contribution >= 4 is 26.8 Å². The van der Waals surface area contributed by atoms with Crippen molar-refractivity contribution in [3.05, 3.63) is 23.9 Å². The van der Waals surface area contributed by atoms with Crippen LogP contribution in [-0.4, -0.2) is 14.9 Å². The maximum absolute atomic E-state index is 9.70. The Morgan fingerprint density at radius 2 is 2.20 bits per heavy atom. The van der Waals surface area contributed by atoms with Gasteiger partial charge in [0.15, 0.2) is 0 Å². The fraction of sp³-hybridized carbons (Fsp3) is 0.364. The van der Waals surface area contributed by atoms with Gasteiger partial charge in [0.25, 0.3) is 0 Å². The quantitative estimate of drug-likeness (QED) is 0.850. The second-order valence-corrected chi connectivity index (χ2v) is 4.35. The minimum absolute atomic E-state index is 0.245. The van der Waals surface area contributed by atoms with Crippen molar-refractivity contribution in [1.29, 1.82) is 0 Å². The van der Waals surface area contributed by atoms with Gasteiger partial charge in [0.1, 0.15) is 11.3 Å². The van der Waals surface area contributed by atoms with E-state index < -0.39 is 0 Å². The molecule has 2 aromatic rings. The fourth-order valence-electron chi connectivity index (χ4n) is 1.72. The van der Waals surface area contributed by atoms with Crippen molar-refractivity contribution in [2.45, 2.75) is 25.2 Å². The van der Waals surface area contributed by atoms with Gasteiger partial charge in [0, 0.05) is 16.8 Å². The molecule has 0 aliphatic heterocycles. The number of rotatable bonds is 2. The molecular formula is C11H13BrN2O. The number of halogens is 1. The summed E-state index contributed by atoms with van der Waals surface area (Å²) in [6, 6.07) is 5.79. The summed E-state index contributed by atoms with van der Waals surface area (Å²) in [6.45, 7) is 4.16. The van der Waals surface area contributed by atoms with Crippen LogP contribution in [0.2, 0.25) is 0 Å². The summed E-state index contributed by atoms with van der Waals surface area (Å²) in [5, 5.41) is 15.9. The predicted molar refractivity (Wildman–Crippen MR) is 64.4 cm³/mol. The zero-order valence-corrected chi connectivity index (χ0v) is 10.3. The van der Waals surface area contributed by atoms with Crippen LogP contribution in [0.1, 0.15) is 25.6 Å². The molecule has 0 unspecified atom stereocenters. The van der Waals surface area contributed by atoms with Gasteiger partial charge in [-0.15, -0.1) is 0 Å². The van der Waals surface area contributed by atoms with Gasteiger partial charge in [-0.3, -0.25) is 4.68 Å². The van der Waals surface area contributed by atoms with Gasteiger partial charge in [-0.05, 0) is 19.9 Å². The molecule has 1 aromatic carbocycles. The van der Waals surface area contributed by atoms with Crippen LogP contribution in [0, 0.1) is 0 Å². The van der Waals surface area contributed by atoms with Crippen LogP contribution in [0.5, 0.6) is 5.75 Å². The minimum atomic E-state index is 0.245. The van der Waals surface area contributed by atoms with E-state index >= 15 is 0 Å². The summed E-state index contributed by atoms with van der Waals surface area (Å²) in [7, 11) is 0. The van der Waals surface area contributed by atoms with E-state index in [1.807, 2.05) is 16.8 Å². The predicted octanol–water partition coefficient (Wildman–Crippen LogP) is 3.22. The van der Waals surface area contributed by atoms with E-state index in [1.54, 1.807) is 6.07 Å². The van der Waals surface area contributed by atoms with Crippen molar-refractivity contribution in [3.8, 4) is 5.75 Å². The van der Waals surface area contributed by atoms with Crippen molar-refractivity contribution in [2.75, 3.05) is 0 Å². The lowest BCUT2D eigenvalue weighted by molar-refractivity contribution is 0.476. The Morgan fingerprint density at radius 1 is 1.47 bits per heavy atom. The van der Waals surface area contributed by atoms with Crippen molar-refractivity contribution < 1.29 is 5.11 Å². The molecule has 0 radical (unpaired) electrons. The van der Waals surface area contributed by atoms with Gasteiger partial charge in [0.05, 0.1) is 5.69 Å². The molecule has 0 aliphatic rings. The molecule has 2 rings (SSSR count). The lowest BCUT2D eigenvalue weighted by atomic mass is 10.2. The van der Waals surface area contributed by atoms with E-state index in [2.05, 4.69) is 34.9 Å². The van der Waals surface area contributed by atoms with Crippen LogP contribution < -0.4 is 0 Å². The van der Waals surface area contributed by atoms with E-state index in [0.29, 0.717) is 11.6 Å². The standard InChI is InChI=1S/C11H13BrN2O/c1-7(2)14-9(6-12)8-4-3-5-10(15)11(8)13-14/h3-5,7,15H,6H2,1-2H3. The number of nitrogens with zero attached hydrogens (tertiary/aromatic N) is 2. The van der Waals surface area contributed by atoms with Crippen molar-refractivity contribution in [2.24, 2.45) is 0 Å². The highest BCUT2D eigenvalue weighted by molar-refractivity contribution is 9.08. The Morgan fingerprint density at radius 3 is 2.80 bits per heavy atom. The number of hydrogen-bond acceptors (Lipinski definition) is 2. The number of phenols is 1. The first-order chi connectivity index (χ1) is 7.15. The summed E-state index contributed by atoms with van der Waals surface area (Å²) >= 11 is 3.46. The van der Waals surface area contributed by atoms with E-state index in [-0.39, 0.29) is 5.75 Å². The summed E-state index contributed by atoms with van der Waals surface area (Å²) in [5.74, 6) is 0.245. The third-order valence-corrected chi connectivity index (χ3v) is 2.96. The normalized spacial score (nSPS) is 11.5. The Kier molecular flexibility index (Phi) is 2.69. The molecule has 0 bridgehead atoms. The van der Waals surface area contributed by atoms with Crippen LogP contribution in [0.15, 0.2) is 18.2 Å². The van der Waals surface area contributed by atoms with Gasteiger partial charge in [0.2, 0.25) is 0 Å². The van der Waals surface area contributed by atoms with Gasteiger partial charge >= 0.3 is 0 Å². The molecule has 1 N–H and O–H groups in total. The lowest BCUT2D eigenvalue weighted by Crippen LogP contribution is -2.05. The summed E-state index contributed by atoms with van der Waals surface area (Å²) in [4.78, 5) is 0. The Hall–Kier alpha value is -1.03.